The van der Waals surface area contributed by atoms with Gasteiger partial charge in [-0.3, -0.25) is 0 Å². The first-order valence-electron chi connectivity index (χ1n) is 14.7. The zero-order valence-electron chi connectivity index (χ0n) is 23.7. The van der Waals surface area contributed by atoms with Gasteiger partial charge in [0, 0.05) is 16.7 Å². The molecule has 4 aromatic rings. The van der Waals surface area contributed by atoms with Crippen LogP contribution in [-0.4, -0.2) is 9.97 Å². The molecule has 0 radical (unpaired) electrons. The van der Waals surface area contributed by atoms with Crippen LogP contribution in [0.1, 0.15) is 87.8 Å². The molecule has 0 saturated carbocycles. The molecule has 0 aliphatic rings. The minimum absolute atomic E-state index is 0.782. The molecule has 0 bridgehead atoms. The Morgan fingerprint density at radius 1 is 0.474 bits per heavy atom. The van der Waals surface area contributed by atoms with Gasteiger partial charge in [-0.05, 0) is 38.3 Å². The summed E-state index contributed by atoms with van der Waals surface area (Å²) in [4.78, 5) is 9.98. The Balaban J connectivity index is 1.40. The number of rotatable bonds is 14. The van der Waals surface area contributed by atoms with Gasteiger partial charge < -0.3 is 0 Å². The Morgan fingerprint density at radius 3 is 1.37 bits per heavy atom. The summed E-state index contributed by atoms with van der Waals surface area (Å²) in [5.41, 5.74) is 9.12. The van der Waals surface area contributed by atoms with Crippen molar-refractivity contribution in [3.8, 4) is 33.9 Å². The summed E-state index contributed by atoms with van der Waals surface area (Å²) in [5, 5.41) is 0. The molecule has 0 aliphatic carbocycles. The number of aromatic nitrogens is 2. The molecule has 0 saturated heterocycles. The third-order valence-electron chi connectivity index (χ3n) is 7.45. The number of hydrogen-bond acceptors (Lipinski definition) is 2. The Hall–Kier alpha value is -3.26. The van der Waals surface area contributed by atoms with Crippen molar-refractivity contribution in [3.05, 3.63) is 95.6 Å². The predicted octanol–water partition coefficient (Wildman–Crippen LogP) is 10.6. The van der Waals surface area contributed by atoms with Gasteiger partial charge in [-0.2, -0.15) is 0 Å². The van der Waals surface area contributed by atoms with E-state index in [0.29, 0.717) is 0 Å². The molecule has 1 aromatic heterocycles. The van der Waals surface area contributed by atoms with Crippen molar-refractivity contribution >= 4 is 0 Å². The average Bonchev–Trinajstić information content (AvgIpc) is 2.95. The van der Waals surface area contributed by atoms with Crippen molar-refractivity contribution in [3.63, 3.8) is 0 Å². The van der Waals surface area contributed by atoms with Crippen molar-refractivity contribution < 1.29 is 0 Å². The fourth-order valence-corrected chi connectivity index (χ4v) is 4.96. The van der Waals surface area contributed by atoms with Gasteiger partial charge in [0.15, 0.2) is 5.82 Å². The van der Waals surface area contributed by atoms with E-state index in [1.165, 1.54) is 80.9 Å². The highest BCUT2D eigenvalue weighted by molar-refractivity contribution is 5.72. The van der Waals surface area contributed by atoms with E-state index in [-0.39, 0.29) is 0 Å². The molecule has 0 atom stereocenters. The summed E-state index contributed by atoms with van der Waals surface area (Å²) in [6, 6.07) is 28.2. The van der Waals surface area contributed by atoms with E-state index in [0.717, 1.165) is 40.3 Å². The molecule has 3 aromatic carbocycles. The number of hydrogen-bond donors (Lipinski definition) is 0. The molecule has 0 N–H and O–H groups in total. The van der Waals surface area contributed by atoms with Crippen LogP contribution in [0.2, 0.25) is 0 Å². The lowest BCUT2D eigenvalue weighted by Crippen LogP contribution is -1.96. The lowest BCUT2D eigenvalue weighted by atomic mass is 10.0. The van der Waals surface area contributed by atoms with Gasteiger partial charge in [0.05, 0.1) is 11.4 Å². The fourth-order valence-electron chi connectivity index (χ4n) is 4.96. The van der Waals surface area contributed by atoms with Crippen LogP contribution in [0.15, 0.2) is 78.9 Å². The Bertz CT molecular complexity index is 1170. The maximum absolute atomic E-state index is 4.99. The third-order valence-corrected chi connectivity index (χ3v) is 7.45. The van der Waals surface area contributed by atoms with Gasteiger partial charge in [-0.15, -0.1) is 0 Å². The quantitative estimate of drug-likeness (QED) is 0.160. The van der Waals surface area contributed by atoms with Crippen LogP contribution in [0, 0.1) is 13.8 Å². The first-order valence-corrected chi connectivity index (χ1v) is 14.7. The van der Waals surface area contributed by atoms with Crippen molar-refractivity contribution in [2.45, 2.75) is 91.4 Å². The molecule has 38 heavy (non-hydrogen) atoms. The molecule has 0 unspecified atom stereocenters. The molecule has 0 spiro atoms. The third kappa shape index (κ3) is 8.38. The Morgan fingerprint density at radius 2 is 0.895 bits per heavy atom. The van der Waals surface area contributed by atoms with Gasteiger partial charge in [0.2, 0.25) is 0 Å². The van der Waals surface area contributed by atoms with E-state index in [2.05, 4.69) is 99.6 Å². The van der Waals surface area contributed by atoms with Crippen molar-refractivity contribution in [2.75, 3.05) is 0 Å². The van der Waals surface area contributed by atoms with Crippen molar-refractivity contribution in [1.29, 1.82) is 0 Å². The van der Waals surface area contributed by atoms with E-state index >= 15 is 0 Å². The lowest BCUT2D eigenvalue weighted by Gasteiger charge is -2.10. The molecule has 2 nitrogen and oxygen atoms in total. The zero-order valence-corrected chi connectivity index (χ0v) is 23.7. The second-order valence-electron chi connectivity index (χ2n) is 10.8. The van der Waals surface area contributed by atoms with Gasteiger partial charge in [0.1, 0.15) is 0 Å². The summed E-state index contributed by atoms with van der Waals surface area (Å²) in [5.74, 6) is 0.782. The molecular formula is C36H44N2. The lowest BCUT2D eigenvalue weighted by molar-refractivity contribution is 0.556. The predicted molar refractivity (Wildman–Crippen MR) is 163 cm³/mol. The highest BCUT2D eigenvalue weighted by Crippen LogP contribution is 2.28. The topological polar surface area (TPSA) is 25.8 Å². The zero-order chi connectivity index (χ0) is 26.6. The van der Waals surface area contributed by atoms with E-state index in [1.54, 1.807) is 0 Å². The maximum atomic E-state index is 4.99. The Kier molecular flexibility index (Phi) is 10.7. The molecule has 1 heterocycles. The number of benzene rings is 3. The minimum atomic E-state index is 0.782. The first kappa shape index (κ1) is 27.8. The van der Waals surface area contributed by atoms with Crippen LogP contribution in [0.25, 0.3) is 33.9 Å². The number of nitrogens with zero attached hydrogens (tertiary/aromatic N) is 2. The molecular weight excluding hydrogens is 460 g/mol. The molecule has 4 rings (SSSR count). The van der Waals surface area contributed by atoms with E-state index in [4.69, 9.17) is 9.97 Å². The monoisotopic (exact) mass is 504 g/mol. The van der Waals surface area contributed by atoms with Crippen LogP contribution >= 0.6 is 0 Å². The molecule has 0 aliphatic heterocycles. The van der Waals surface area contributed by atoms with E-state index < -0.39 is 0 Å². The van der Waals surface area contributed by atoms with Gasteiger partial charge >= 0.3 is 0 Å². The van der Waals surface area contributed by atoms with Gasteiger partial charge in [-0.25, -0.2) is 9.97 Å². The van der Waals surface area contributed by atoms with Gasteiger partial charge in [0.25, 0.3) is 0 Å². The van der Waals surface area contributed by atoms with E-state index in [1.807, 2.05) is 0 Å². The van der Waals surface area contributed by atoms with Crippen LogP contribution in [0.3, 0.4) is 0 Å². The summed E-state index contributed by atoms with van der Waals surface area (Å²) in [7, 11) is 0. The van der Waals surface area contributed by atoms with Crippen LogP contribution in [0.5, 0.6) is 0 Å². The normalized spacial score (nSPS) is 11.1. The van der Waals surface area contributed by atoms with Crippen LogP contribution < -0.4 is 0 Å². The van der Waals surface area contributed by atoms with E-state index in [9.17, 15) is 0 Å². The van der Waals surface area contributed by atoms with Crippen molar-refractivity contribution in [1.82, 2.24) is 9.97 Å². The standard InChI is InChI=1S/C36H44N2/c1-4-5-6-7-8-9-10-11-12-13-14-30-19-25-33(26-20-30)36-37-34(31-21-15-28(2)16-22-31)27-35(38-36)32-23-17-29(3)18-24-32/h15-27H,4-14H2,1-3H3. The highest BCUT2D eigenvalue weighted by atomic mass is 14.9. The SMILES string of the molecule is CCCCCCCCCCCCc1ccc(-c2nc(-c3ccc(C)cc3)cc(-c3ccc(C)cc3)n2)cc1. The second-order valence-corrected chi connectivity index (χ2v) is 10.8. The minimum Gasteiger partial charge on any atom is -0.228 e. The smallest absolute Gasteiger partial charge is 0.160 e. The van der Waals surface area contributed by atoms with Crippen LogP contribution in [-0.2, 0) is 6.42 Å². The molecule has 0 fully saturated rings. The molecule has 198 valence electrons. The summed E-state index contributed by atoms with van der Waals surface area (Å²) in [6.07, 6.45) is 14.9. The second kappa shape index (κ2) is 14.6. The van der Waals surface area contributed by atoms with Crippen LogP contribution in [0.4, 0.5) is 0 Å². The number of aryl methyl sites for hydroxylation is 3. The fraction of sp³-hybridized carbons (Fsp3) is 0.389. The molecule has 0 amide bonds. The largest absolute Gasteiger partial charge is 0.228 e. The summed E-state index contributed by atoms with van der Waals surface area (Å²) in [6.45, 7) is 6.52. The number of unbranched alkanes of at least 4 members (excludes halogenated alkanes) is 9. The average molecular weight is 505 g/mol. The maximum Gasteiger partial charge on any atom is 0.160 e. The van der Waals surface area contributed by atoms with Crippen molar-refractivity contribution in [2.24, 2.45) is 0 Å². The highest BCUT2D eigenvalue weighted by Gasteiger charge is 2.11. The summed E-state index contributed by atoms with van der Waals surface area (Å²) < 4.78 is 0. The Labute approximate surface area is 230 Å². The summed E-state index contributed by atoms with van der Waals surface area (Å²) >= 11 is 0. The first-order chi connectivity index (χ1) is 18.6. The molecule has 2 heteroatoms. The van der Waals surface area contributed by atoms with Gasteiger partial charge in [-0.1, -0.05) is 149 Å².